The Morgan fingerprint density at radius 3 is 0.625 bits per heavy atom. The Hall–Kier alpha value is -0.560. The van der Waals surface area contributed by atoms with Gasteiger partial charge in [-0.1, -0.05) is 231 Å². The summed E-state index contributed by atoms with van der Waals surface area (Å²) < 4.78 is 40.2. The van der Waals surface area contributed by atoms with Crippen LogP contribution in [0.1, 0.15) is 290 Å². The SMILES string of the molecule is CCCCCCCC/C=C\CCCCCCCCOP(=O)(OCCCCCCCC/C=C\CCCCCCCC)OCCCCCCCC/C=C\CCCCCCCC.O=P(O)(O)O. The highest BCUT2D eigenvalue weighted by Gasteiger charge is 2.26. The summed E-state index contributed by atoms with van der Waals surface area (Å²) in [5.41, 5.74) is 0. The number of phosphoric acid groups is 2. The first-order chi connectivity index (χ1) is 31.2. The van der Waals surface area contributed by atoms with Gasteiger partial charge in [-0.25, -0.2) is 9.13 Å². The first-order valence-corrected chi connectivity index (χ1v) is 30.5. The Labute approximate surface area is 398 Å². The third-order valence-corrected chi connectivity index (χ3v) is 13.2. The van der Waals surface area contributed by atoms with E-state index >= 15 is 0 Å². The fraction of sp³-hybridized carbons (Fsp3) is 0.889. The van der Waals surface area contributed by atoms with Crippen molar-refractivity contribution in [2.45, 2.75) is 290 Å². The number of rotatable bonds is 51. The lowest BCUT2D eigenvalue weighted by atomic mass is 10.1. The molecular weight excluding hydrogens is 839 g/mol. The van der Waals surface area contributed by atoms with Crippen LogP contribution in [0, 0.1) is 0 Å². The van der Waals surface area contributed by atoms with E-state index in [0.717, 1.165) is 38.5 Å². The lowest BCUT2D eigenvalue weighted by Gasteiger charge is -2.18. The lowest BCUT2D eigenvalue weighted by molar-refractivity contribution is 0.108. The molecule has 0 aromatic rings. The van der Waals surface area contributed by atoms with E-state index in [2.05, 4.69) is 57.2 Å². The summed E-state index contributed by atoms with van der Waals surface area (Å²) >= 11 is 0. The average molecular weight is 947 g/mol. The van der Waals surface area contributed by atoms with E-state index in [1.165, 1.54) is 231 Å². The smallest absolute Gasteiger partial charge is 0.303 e. The third-order valence-electron chi connectivity index (χ3n) is 11.7. The maximum absolute atomic E-state index is 13.6. The topological polar surface area (TPSA) is 123 Å². The third kappa shape index (κ3) is 63.5. The van der Waals surface area contributed by atoms with Crippen molar-refractivity contribution in [3.05, 3.63) is 36.5 Å². The van der Waals surface area contributed by atoms with Crippen molar-refractivity contribution in [3.8, 4) is 0 Å². The van der Waals surface area contributed by atoms with Crippen LogP contribution in [0.2, 0.25) is 0 Å². The van der Waals surface area contributed by atoms with E-state index in [1.807, 2.05) is 0 Å². The van der Waals surface area contributed by atoms with Crippen molar-refractivity contribution < 1.29 is 37.4 Å². The van der Waals surface area contributed by atoms with Gasteiger partial charge < -0.3 is 14.7 Å². The lowest BCUT2D eigenvalue weighted by Crippen LogP contribution is -2.04. The second-order valence-corrected chi connectivity index (χ2v) is 21.0. The predicted octanol–water partition coefficient (Wildman–Crippen LogP) is 19.3. The van der Waals surface area contributed by atoms with Crippen molar-refractivity contribution in [3.63, 3.8) is 0 Å². The summed E-state index contributed by atoms with van der Waals surface area (Å²) in [5.74, 6) is 0. The maximum atomic E-state index is 13.6. The fourth-order valence-electron chi connectivity index (χ4n) is 7.69. The van der Waals surface area contributed by atoms with Gasteiger partial charge in [0.1, 0.15) is 0 Å². The molecule has 0 unspecified atom stereocenters. The van der Waals surface area contributed by atoms with E-state index in [0.29, 0.717) is 19.8 Å². The van der Waals surface area contributed by atoms with Crippen LogP contribution < -0.4 is 0 Å². The molecule has 0 aliphatic carbocycles. The highest BCUT2D eigenvalue weighted by Crippen LogP contribution is 2.50. The summed E-state index contributed by atoms with van der Waals surface area (Å²) in [7, 11) is -8.15. The Kier molecular flexibility index (Phi) is 56.3. The minimum atomic E-state index is -4.64. The predicted molar refractivity (Wildman–Crippen MR) is 278 cm³/mol. The molecule has 0 aromatic heterocycles. The van der Waals surface area contributed by atoms with Crippen LogP contribution >= 0.6 is 15.6 Å². The van der Waals surface area contributed by atoms with Crippen LogP contribution in [0.5, 0.6) is 0 Å². The van der Waals surface area contributed by atoms with E-state index < -0.39 is 15.6 Å². The molecule has 0 aromatic carbocycles. The molecule has 0 spiro atoms. The van der Waals surface area contributed by atoms with Gasteiger partial charge in [-0.2, -0.15) is 0 Å². The molecule has 0 atom stereocenters. The second kappa shape index (κ2) is 55.0. The first-order valence-electron chi connectivity index (χ1n) is 27.4. The summed E-state index contributed by atoms with van der Waals surface area (Å²) in [6.45, 7) is 8.22. The molecule has 0 aliphatic heterocycles. The van der Waals surface area contributed by atoms with Crippen molar-refractivity contribution in [1.29, 1.82) is 0 Å². The second-order valence-electron chi connectivity index (χ2n) is 18.3. The van der Waals surface area contributed by atoms with Gasteiger partial charge in [-0.3, -0.25) is 13.6 Å². The molecule has 0 aliphatic rings. The minimum absolute atomic E-state index is 0.458. The summed E-state index contributed by atoms with van der Waals surface area (Å²) in [5, 5.41) is 0. The molecule has 64 heavy (non-hydrogen) atoms. The van der Waals surface area contributed by atoms with Gasteiger partial charge in [0.2, 0.25) is 0 Å². The van der Waals surface area contributed by atoms with Crippen LogP contribution in [0.25, 0.3) is 0 Å². The molecule has 0 fully saturated rings. The van der Waals surface area contributed by atoms with Crippen molar-refractivity contribution in [2.24, 2.45) is 0 Å². The largest absolute Gasteiger partial charge is 0.474 e. The number of unbranched alkanes of at least 4 members (excludes halogenated alkanes) is 36. The molecule has 8 nitrogen and oxygen atoms in total. The van der Waals surface area contributed by atoms with Crippen LogP contribution in [-0.4, -0.2) is 34.5 Å². The van der Waals surface area contributed by atoms with Crippen LogP contribution in [0.4, 0.5) is 0 Å². The van der Waals surface area contributed by atoms with Crippen LogP contribution in [-0.2, 0) is 22.7 Å². The quantitative estimate of drug-likeness (QED) is 0.0313. The van der Waals surface area contributed by atoms with Gasteiger partial charge in [0.05, 0.1) is 19.8 Å². The zero-order valence-electron chi connectivity index (χ0n) is 42.6. The van der Waals surface area contributed by atoms with Crippen molar-refractivity contribution >= 4 is 15.6 Å². The highest BCUT2D eigenvalue weighted by molar-refractivity contribution is 7.48. The molecule has 0 bridgehead atoms. The fourth-order valence-corrected chi connectivity index (χ4v) is 8.97. The van der Waals surface area contributed by atoms with Crippen LogP contribution in [0.15, 0.2) is 36.5 Å². The monoisotopic (exact) mass is 947 g/mol. The Balaban J connectivity index is 0. The molecular formula is C54H108O8P2. The molecule has 382 valence electrons. The van der Waals surface area contributed by atoms with E-state index in [9.17, 15) is 4.57 Å². The Bertz CT molecular complexity index is 953. The van der Waals surface area contributed by atoms with Crippen molar-refractivity contribution in [1.82, 2.24) is 0 Å². The summed E-state index contributed by atoms with van der Waals surface area (Å²) in [6.07, 6.45) is 67.8. The average Bonchev–Trinajstić information content (AvgIpc) is 3.26. The minimum Gasteiger partial charge on any atom is -0.303 e. The number of hydrogen-bond donors (Lipinski definition) is 3. The normalized spacial score (nSPS) is 12.3. The summed E-state index contributed by atoms with van der Waals surface area (Å²) in [4.78, 5) is 21.6. The molecule has 0 amide bonds. The zero-order chi connectivity index (χ0) is 47.2. The van der Waals surface area contributed by atoms with E-state index in [-0.39, 0.29) is 0 Å². The molecule has 0 radical (unpaired) electrons. The van der Waals surface area contributed by atoms with E-state index in [1.54, 1.807) is 0 Å². The van der Waals surface area contributed by atoms with E-state index in [4.69, 9.17) is 32.8 Å². The van der Waals surface area contributed by atoms with Gasteiger partial charge in [-0.15, -0.1) is 0 Å². The molecule has 0 heterocycles. The first kappa shape index (κ1) is 65.5. The number of hydrogen-bond acceptors (Lipinski definition) is 5. The van der Waals surface area contributed by atoms with Gasteiger partial charge >= 0.3 is 15.6 Å². The van der Waals surface area contributed by atoms with Gasteiger partial charge in [0, 0.05) is 0 Å². The molecule has 10 heteroatoms. The van der Waals surface area contributed by atoms with Gasteiger partial charge in [0.25, 0.3) is 0 Å². The standard InChI is InChI=1S/C54H105O4P.H3O4P/c1-4-7-10-13-16-19-22-25-28-31-34-37-40-43-46-49-52-56-59(55,57-53-50-47-44-41-38-35-32-29-26-23-20-17-14-11-8-5-2)58-54-51-48-45-42-39-36-33-30-27-24-21-18-15-12-9-6-3;1-5(2,3)4/h25-30H,4-24,31-54H2,1-3H3;(H3,1,2,3,4)/b28-25-,29-26-,30-27-;. The number of phosphoric ester groups is 1. The maximum Gasteiger partial charge on any atom is 0.474 e. The Morgan fingerprint density at radius 1 is 0.281 bits per heavy atom. The van der Waals surface area contributed by atoms with Gasteiger partial charge in [-0.05, 0) is 96.3 Å². The zero-order valence-corrected chi connectivity index (χ0v) is 44.4. The highest BCUT2D eigenvalue weighted by atomic mass is 31.2. The van der Waals surface area contributed by atoms with Crippen LogP contribution in [0.3, 0.4) is 0 Å². The molecule has 3 N–H and O–H groups in total. The molecule has 0 saturated heterocycles. The molecule has 0 rings (SSSR count). The number of allylic oxidation sites excluding steroid dienone is 6. The Morgan fingerprint density at radius 2 is 0.438 bits per heavy atom. The summed E-state index contributed by atoms with van der Waals surface area (Å²) in [6, 6.07) is 0. The van der Waals surface area contributed by atoms with Crippen molar-refractivity contribution in [2.75, 3.05) is 19.8 Å². The molecule has 0 saturated carbocycles. The van der Waals surface area contributed by atoms with Gasteiger partial charge in [0.15, 0.2) is 0 Å².